The van der Waals surface area contributed by atoms with Gasteiger partial charge in [0.2, 0.25) is 5.91 Å². The minimum atomic E-state index is -0.575. The van der Waals surface area contributed by atoms with E-state index in [0.29, 0.717) is 17.8 Å². The van der Waals surface area contributed by atoms with Gasteiger partial charge in [-0.2, -0.15) is 0 Å². The van der Waals surface area contributed by atoms with Crippen molar-refractivity contribution in [1.82, 2.24) is 5.32 Å². The molecule has 3 N–H and O–H groups in total. The van der Waals surface area contributed by atoms with E-state index in [1.165, 1.54) is 0 Å². The minimum Gasteiger partial charge on any atom is -0.391 e. The lowest BCUT2D eigenvalue weighted by atomic mass is 9.89. The molecule has 20 heavy (non-hydrogen) atoms. The van der Waals surface area contributed by atoms with Crippen LogP contribution in [-0.2, 0) is 4.79 Å². The molecule has 0 radical (unpaired) electrons. The first-order chi connectivity index (χ1) is 9.50. The summed E-state index contributed by atoms with van der Waals surface area (Å²) in [5.41, 5.74) is 6.29. The first kappa shape index (κ1) is 16.6. The Labute approximate surface area is 126 Å². The van der Waals surface area contributed by atoms with Crippen LogP contribution < -0.4 is 11.1 Å². The molecule has 0 bridgehead atoms. The Balaban J connectivity index is 2.95. The third kappa shape index (κ3) is 3.57. The second kappa shape index (κ2) is 7.39. The van der Waals surface area contributed by atoms with Crippen molar-refractivity contribution in [3.63, 3.8) is 0 Å². The number of nitrogens with two attached hydrogens (primary N) is 1. The van der Waals surface area contributed by atoms with Gasteiger partial charge in [0, 0.05) is 0 Å². The Kier molecular flexibility index (Phi) is 6.14. The summed E-state index contributed by atoms with van der Waals surface area (Å²) < 4.78 is 0. The Morgan fingerprint density at radius 1 is 1.25 bits per heavy atom. The van der Waals surface area contributed by atoms with Gasteiger partial charge in [0.15, 0.2) is 0 Å². The van der Waals surface area contributed by atoms with Gasteiger partial charge in [-0.05, 0) is 24.8 Å². The number of amides is 1. The minimum absolute atomic E-state index is 0.00444. The van der Waals surface area contributed by atoms with Gasteiger partial charge >= 0.3 is 0 Å². The third-order valence-corrected chi connectivity index (χ3v) is 4.36. The largest absolute Gasteiger partial charge is 0.391 e. The zero-order chi connectivity index (χ0) is 15.2. The summed E-state index contributed by atoms with van der Waals surface area (Å²) in [7, 11) is 0. The molecule has 0 aromatic heterocycles. The number of thiocarbonyl (C=S) groups is 1. The highest BCUT2D eigenvalue weighted by Gasteiger charge is 2.33. The zero-order valence-electron chi connectivity index (χ0n) is 12.5. The van der Waals surface area contributed by atoms with Gasteiger partial charge in [-0.15, -0.1) is 0 Å². The molecule has 0 aliphatic carbocycles. The van der Waals surface area contributed by atoms with E-state index in [1.807, 2.05) is 51.1 Å². The maximum atomic E-state index is 12.6. The lowest BCUT2D eigenvalue weighted by molar-refractivity contribution is -0.124. The molecule has 0 fully saturated rings. The molecule has 0 heterocycles. The van der Waals surface area contributed by atoms with E-state index >= 15 is 0 Å². The van der Waals surface area contributed by atoms with Crippen LogP contribution in [0.4, 0.5) is 0 Å². The summed E-state index contributed by atoms with van der Waals surface area (Å²) in [6, 6.07) is 9.81. The number of carbonyl (C=O) groups is 1. The highest BCUT2D eigenvalue weighted by Crippen LogP contribution is 2.23. The Hall–Kier alpha value is -1.42. The van der Waals surface area contributed by atoms with Crippen LogP contribution in [0.2, 0.25) is 0 Å². The van der Waals surface area contributed by atoms with Gasteiger partial charge in [-0.1, -0.05) is 63.3 Å². The SMILES string of the molecule is CCC(C(=O)NC(CC)(CC)C(N)=S)c1ccccc1. The first-order valence-electron chi connectivity index (χ1n) is 7.17. The van der Waals surface area contributed by atoms with Gasteiger partial charge in [0.05, 0.1) is 16.4 Å². The summed E-state index contributed by atoms with van der Waals surface area (Å²) in [4.78, 5) is 12.9. The van der Waals surface area contributed by atoms with Gasteiger partial charge in [0.1, 0.15) is 0 Å². The predicted octanol–water partition coefficient (Wildman–Crippen LogP) is 3.14. The van der Waals surface area contributed by atoms with Crippen molar-refractivity contribution in [3.05, 3.63) is 35.9 Å². The van der Waals surface area contributed by atoms with Gasteiger partial charge in [-0.3, -0.25) is 4.79 Å². The fourth-order valence-corrected chi connectivity index (χ4v) is 2.76. The zero-order valence-corrected chi connectivity index (χ0v) is 13.3. The van der Waals surface area contributed by atoms with Crippen LogP contribution >= 0.6 is 12.2 Å². The van der Waals surface area contributed by atoms with Crippen molar-refractivity contribution in [1.29, 1.82) is 0 Å². The van der Waals surface area contributed by atoms with Gasteiger partial charge < -0.3 is 11.1 Å². The molecule has 0 aliphatic rings. The molecule has 1 amide bonds. The van der Waals surface area contributed by atoms with E-state index in [4.69, 9.17) is 18.0 Å². The summed E-state index contributed by atoms with van der Waals surface area (Å²) in [5.74, 6) is -0.168. The van der Waals surface area contributed by atoms with Crippen LogP contribution in [0.5, 0.6) is 0 Å². The summed E-state index contributed by atoms with van der Waals surface area (Å²) in [6.45, 7) is 6.00. The van der Waals surface area contributed by atoms with Crippen molar-refractivity contribution in [3.8, 4) is 0 Å². The molecule has 1 atom stereocenters. The second-order valence-corrected chi connectivity index (χ2v) is 5.45. The molecule has 0 saturated carbocycles. The van der Waals surface area contributed by atoms with Crippen LogP contribution in [0.25, 0.3) is 0 Å². The van der Waals surface area contributed by atoms with E-state index in [0.717, 1.165) is 12.0 Å². The molecule has 1 rings (SSSR count). The van der Waals surface area contributed by atoms with Crippen molar-refractivity contribution >= 4 is 23.1 Å². The maximum Gasteiger partial charge on any atom is 0.228 e. The molecular weight excluding hydrogens is 268 g/mol. The van der Waals surface area contributed by atoms with E-state index < -0.39 is 5.54 Å². The van der Waals surface area contributed by atoms with Crippen LogP contribution in [0.3, 0.4) is 0 Å². The Morgan fingerprint density at radius 3 is 2.20 bits per heavy atom. The molecular formula is C16H24N2OS. The lowest BCUT2D eigenvalue weighted by Crippen LogP contribution is -2.56. The average molecular weight is 292 g/mol. The Morgan fingerprint density at radius 2 is 1.80 bits per heavy atom. The molecule has 0 saturated heterocycles. The smallest absolute Gasteiger partial charge is 0.228 e. The normalized spacial score (nSPS) is 12.8. The van der Waals surface area contributed by atoms with E-state index in [-0.39, 0.29) is 11.8 Å². The quantitative estimate of drug-likeness (QED) is 0.759. The lowest BCUT2D eigenvalue weighted by Gasteiger charge is -2.33. The molecule has 0 aliphatic heterocycles. The van der Waals surface area contributed by atoms with Crippen molar-refractivity contribution in [2.45, 2.75) is 51.5 Å². The standard InChI is InChI=1S/C16H24N2OS/c1-4-13(12-10-8-7-9-11-12)14(19)18-16(5-2,6-3)15(17)20/h7-11,13H,4-6H2,1-3H3,(H2,17,20)(H,18,19). The molecule has 1 aromatic rings. The number of rotatable bonds is 7. The fourth-order valence-electron chi connectivity index (χ4n) is 2.42. The van der Waals surface area contributed by atoms with Crippen molar-refractivity contribution < 1.29 is 4.79 Å². The highest BCUT2D eigenvalue weighted by atomic mass is 32.1. The van der Waals surface area contributed by atoms with Crippen LogP contribution in [0, 0.1) is 0 Å². The van der Waals surface area contributed by atoms with E-state index in [2.05, 4.69) is 5.32 Å². The summed E-state index contributed by atoms with van der Waals surface area (Å²) in [6.07, 6.45) is 2.16. The van der Waals surface area contributed by atoms with Crippen molar-refractivity contribution in [2.24, 2.45) is 5.73 Å². The van der Waals surface area contributed by atoms with Crippen LogP contribution in [0.15, 0.2) is 30.3 Å². The molecule has 1 unspecified atom stereocenters. The molecule has 110 valence electrons. The summed E-state index contributed by atoms with van der Waals surface area (Å²) in [5, 5.41) is 3.07. The molecule has 0 spiro atoms. The fraction of sp³-hybridized carbons (Fsp3) is 0.500. The number of hydrogen-bond donors (Lipinski definition) is 2. The monoisotopic (exact) mass is 292 g/mol. The average Bonchev–Trinajstić information content (AvgIpc) is 2.46. The van der Waals surface area contributed by atoms with Gasteiger partial charge in [0.25, 0.3) is 0 Å². The van der Waals surface area contributed by atoms with Gasteiger partial charge in [-0.25, -0.2) is 0 Å². The number of nitrogens with one attached hydrogen (secondary N) is 1. The highest BCUT2D eigenvalue weighted by molar-refractivity contribution is 7.80. The van der Waals surface area contributed by atoms with Crippen molar-refractivity contribution in [2.75, 3.05) is 0 Å². The van der Waals surface area contributed by atoms with Crippen LogP contribution in [0.1, 0.15) is 51.5 Å². The van der Waals surface area contributed by atoms with Crippen LogP contribution in [-0.4, -0.2) is 16.4 Å². The number of benzene rings is 1. The maximum absolute atomic E-state index is 12.6. The summed E-state index contributed by atoms with van der Waals surface area (Å²) >= 11 is 5.15. The van der Waals surface area contributed by atoms with E-state index in [1.54, 1.807) is 0 Å². The third-order valence-electron chi connectivity index (χ3n) is 3.97. The number of hydrogen-bond acceptors (Lipinski definition) is 2. The molecule has 1 aromatic carbocycles. The topological polar surface area (TPSA) is 55.1 Å². The number of carbonyl (C=O) groups excluding carboxylic acids is 1. The van der Waals surface area contributed by atoms with E-state index in [9.17, 15) is 4.79 Å². The predicted molar refractivity (Wildman–Crippen MR) is 87.7 cm³/mol. The first-order valence-corrected chi connectivity index (χ1v) is 7.58. The second-order valence-electron chi connectivity index (χ2n) is 5.01. The Bertz CT molecular complexity index is 455. The molecule has 3 nitrogen and oxygen atoms in total. The molecule has 4 heteroatoms.